The van der Waals surface area contributed by atoms with Crippen LogP contribution < -0.4 is 9.64 Å². The third kappa shape index (κ3) is 4.23. The van der Waals surface area contributed by atoms with E-state index in [9.17, 15) is 4.79 Å². The highest BCUT2D eigenvalue weighted by Gasteiger charge is 2.23. The highest BCUT2D eigenvalue weighted by molar-refractivity contribution is 6.02. The number of anilines is 1. The Balaban J connectivity index is 3.38. The molecule has 0 heterocycles. The van der Waals surface area contributed by atoms with Crippen LogP contribution in [0.25, 0.3) is 0 Å². The van der Waals surface area contributed by atoms with Crippen LogP contribution in [0.15, 0.2) is 18.2 Å². The Kier molecular flexibility index (Phi) is 6.73. The van der Waals surface area contributed by atoms with Gasteiger partial charge in [-0.3, -0.25) is 4.79 Å². The van der Waals surface area contributed by atoms with E-state index in [2.05, 4.69) is 32.6 Å². The number of rotatable bonds is 8. The molecule has 0 bridgehead atoms. The molecule has 21 heavy (non-hydrogen) atoms. The number of ether oxygens (including phenoxy) is 1. The minimum atomic E-state index is 0.0576. The molecule has 0 spiro atoms. The fourth-order valence-electron chi connectivity index (χ4n) is 2.85. The first-order valence-corrected chi connectivity index (χ1v) is 7.90. The molecule has 0 radical (unpaired) electrons. The summed E-state index contributed by atoms with van der Waals surface area (Å²) in [5.74, 6) is 1.26. The van der Waals surface area contributed by atoms with Crippen LogP contribution in [0.4, 0.5) is 5.69 Å². The van der Waals surface area contributed by atoms with Crippen molar-refractivity contribution < 1.29 is 9.53 Å². The van der Waals surface area contributed by atoms with E-state index in [0.29, 0.717) is 23.3 Å². The van der Waals surface area contributed by atoms with Crippen molar-refractivity contribution in [3.63, 3.8) is 0 Å². The van der Waals surface area contributed by atoms with Gasteiger partial charge in [0.1, 0.15) is 5.75 Å². The van der Waals surface area contributed by atoms with E-state index in [1.165, 1.54) is 0 Å². The molecule has 0 atom stereocenters. The number of Topliss-reactive ketones (excluding diaryl/α,β-unsaturated/α-hetero) is 1. The van der Waals surface area contributed by atoms with E-state index >= 15 is 0 Å². The van der Waals surface area contributed by atoms with Crippen molar-refractivity contribution in [3.05, 3.63) is 23.8 Å². The molecular weight excluding hydrogens is 262 g/mol. The van der Waals surface area contributed by atoms with Crippen LogP contribution in [0.1, 0.15) is 57.8 Å². The van der Waals surface area contributed by atoms with Crippen LogP contribution in [0.2, 0.25) is 0 Å². The highest BCUT2D eigenvalue weighted by atomic mass is 16.5. The Bertz CT molecular complexity index is 464. The molecule has 3 nitrogen and oxygen atoms in total. The molecule has 0 aromatic heterocycles. The molecule has 3 heteroatoms. The third-order valence-electron chi connectivity index (χ3n) is 3.83. The Morgan fingerprint density at radius 1 is 1.24 bits per heavy atom. The monoisotopic (exact) mass is 291 g/mol. The van der Waals surface area contributed by atoms with Crippen molar-refractivity contribution in [1.82, 2.24) is 0 Å². The van der Waals surface area contributed by atoms with Crippen molar-refractivity contribution in [3.8, 4) is 5.75 Å². The van der Waals surface area contributed by atoms with Crippen LogP contribution in [0.5, 0.6) is 5.75 Å². The van der Waals surface area contributed by atoms with Gasteiger partial charge in [-0.05, 0) is 37.8 Å². The summed E-state index contributed by atoms with van der Waals surface area (Å²) in [6.07, 6.45) is 2.13. The third-order valence-corrected chi connectivity index (χ3v) is 3.83. The summed E-state index contributed by atoms with van der Waals surface area (Å²) in [7, 11) is 1.62. The van der Waals surface area contributed by atoms with Gasteiger partial charge >= 0.3 is 0 Å². The van der Waals surface area contributed by atoms with E-state index in [1.54, 1.807) is 14.0 Å². The van der Waals surface area contributed by atoms with Crippen molar-refractivity contribution in [2.24, 2.45) is 5.92 Å². The molecular formula is C18H29NO2. The first-order chi connectivity index (χ1) is 9.96. The van der Waals surface area contributed by atoms with Gasteiger partial charge in [0, 0.05) is 12.6 Å². The summed E-state index contributed by atoms with van der Waals surface area (Å²) >= 11 is 0. The topological polar surface area (TPSA) is 29.5 Å². The largest absolute Gasteiger partial charge is 0.496 e. The van der Waals surface area contributed by atoms with Crippen LogP contribution in [0.3, 0.4) is 0 Å². The Hall–Kier alpha value is -1.51. The number of benzene rings is 1. The minimum Gasteiger partial charge on any atom is -0.496 e. The summed E-state index contributed by atoms with van der Waals surface area (Å²) in [5, 5.41) is 0. The zero-order valence-corrected chi connectivity index (χ0v) is 14.3. The van der Waals surface area contributed by atoms with Gasteiger partial charge < -0.3 is 9.64 Å². The van der Waals surface area contributed by atoms with Crippen molar-refractivity contribution in [2.45, 2.75) is 53.5 Å². The number of hydrogen-bond donors (Lipinski definition) is 0. The van der Waals surface area contributed by atoms with Gasteiger partial charge in [0.2, 0.25) is 0 Å². The average Bonchev–Trinajstić information content (AvgIpc) is 2.46. The molecule has 0 saturated heterocycles. The zero-order chi connectivity index (χ0) is 16.0. The fraction of sp³-hybridized carbons (Fsp3) is 0.611. The highest BCUT2D eigenvalue weighted by Crippen LogP contribution is 2.32. The molecule has 0 fully saturated rings. The number of ketones is 1. The number of carbonyl (C=O) groups excluding carboxylic acids is 1. The molecule has 118 valence electrons. The summed E-state index contributed by atoms with van der Waals surface area (Å²) in [6, 6.07) is 6.31. The van der Waals surface area contributed by atoms with Gasteiger partial charge in [-0.1, -0.05) is 33.8 Å². The number of nitrogens with zero attached hydrogens (tertiary/aromatic N) is 1. The molecule has 1 aromatic rings. The fourth-order valence-corrected chi connectivity index (χ4v) is 2.85. The zero-order valence-electron chi connectivity index (χ0n) is 14.3. The minimum absolute atomic E-state index is 0.0576. The molecule has 1 aromatic carbocycles. The SMILES string of the molecule is CCC(CC)N(CC(C)C)c1cccc(OC)c1C(C)=O. The average molecular weight is 291 g/mol. The second-order valence-electron chi connectivity index (χ2n) is 5.93. The molecule has 0 N–H and O–H groups in total. The maximum Gasteiger partial charge on any atom is 0.165 e. The van der Waals surface area contributed by atoms with Gasteiger partial charge in [-0.15, -0.1) is 0 Å². The smallest absolute Gasteiger partial charge is 0.165 e. The lowest BCUT2D eigenvalue weighted by Gasteiger charge is -2.35. The standard InChI is InChI=1S/C18H29NO2/c1-7-15(8-2)19(12-13(3)4)16-10-9-11-17(21-6)18(16)14(5)20/h9-11,13,15H,7-8,12H2,1-6H3. The van der Waals surface area contributed by atoms with E-state index in [1.807, 2.05) is 18.2 Å². The Morgan fingerprint density at radius 3 is 2.29 bits per heavy atom. The lowest BCUT2D eigenvalue weighted by molar-refractivity contribution is 0.101. The lowest BCUT2D eigenvalue weighted by Crippen LogP contribution is -2.38. The van der Waals surface area contributed by atoms with Crippen LogP contribution in [-0.2, 0) is 0 Å². The summed E-state index contributed by atoms with van der Waals surface area (Å²) < 4.78 is 5.40. The van der Waals surface area contributed by atoms with Crippen LogP contribution in [0, 0.1) is 5.92 Å². The predicted molar refractivity (Wildman–Crippen MR) is 89.6 cm³/mol. The first kappa shape index (κ1) is 17.5. The van der Waals surface area contributed by atoms with Crippen molar-refractivity contribution in [2.75, 3.05) is 18.6 Å². The maximum atomic E-state index is 12.1. The van der Waals surface area contributed by atoms with E-state index in [-0.39, 0.29) is 5.78 Å². The van der Waals surface area contributed by atoms with Crippen molar-refractivity contribution in [1.29, 1.82) is 0 Å². The summed E-state index contributed by atoms with van der Waals surface area (Å²) in [6.45, 7) is 11.4. The molecule has 0 saturated carbocycles. The van der Waals surface area contributed by atoms with E-state index in [4.69, 9.17) is 4.74 Å². The molecule has 0 amide bonds. The second-order valence-corrected chi connectivity index (χ2v) is 5.93. The summed E-state index contributed by atoms with van der Waals surface area (Å²) in [5.41, 5.74) is 1.71. The number of methoxy groups -OCH3 is 1. The number of carbonyl (C=O) groups is 1. The van der Waals surface area contributed by atoms with E-state index in [0.717, 1.165) is 25.1 Å². The number of hydrogen-bond acceptors (Lipinski definition) is 3. The van der Waals surface area contributed by atoms with Gasteiger partial charge in [0.25, 0.3) is 0 Å². The van der Waals surface area contributed by atoms with Gasteiger partial charge in [0.15, 0.2) is 5.78 Å². The lowest BCUT2D eigenvalue weighted by atomic mass is 10.0. The van der Waals surface area contributed by atoms with Gasteiger partial charge in [-0.25, -0.2) is 0 Å². The normalized spacial score (nSPS) is 11.0. The second kappa shape index (κ2) is 8.06. The van der Waals surface area contributed by atoms with Gasteiger partial charge in [0.05, 0.1) is 18.4 Å². The maximum absolute atomic E-state index is 12.1. The first-order valence-electron chi connectivity index (χ1n) is 7.90. The van der Waals surface area contributed by atoms with Gasteiger partial charge in [-0.2, -0.15) is 0 Å². The van der Waals surface area contributed by atoms with Crippen LogP contribution in [-0.4, -0.2) is 25.5 Å². The van der Waals surface area contributed by atoms with Crippen LogP contribution >= 0.6 is 0 Å². The molecule has 0 aliphatic rings. The predicted octanol–water partition coefficient (Wildman–Crippen LogP) is 4.55. The van der Waals surface area contributed by atoms with E-state index < -0.39 is 0 Å². The molecule has 0 unspecified atom stereocenters. The van der Waals surface area contributed by atoms with Crippen molar-refractivity contribution >= 4 is 11.5 Å². The Morgan fingerprint density at radius 2 is 1.86 bits per heavy atom. The summed E-state index contributed by atoms with van der Waals surface area (Å²) in [4.78, 5) is 14.5. The quantitative estimate of drug-likeness (QED) is 0.658. The Labute approximate surface area is 129 Å². The molecule has 0 aliphatic heterocycles. The molecule has 0 aliphatic carbocycles. The molecule has 1 rings (SSSR count).